The molecule has 18 atom stereocenters. The van der Waals surface area contributed by atoms with Gasteiger partial charge in [-0.3, -0.25) is 14.4 Å². The lowest BCUT2D eigenvalue weighted by atomic mass is 9.74. The molecule has 3 fully saturated rings. The zero-order valence-electron chi connectivity index (χ0n) is 33.9. The fraction of sp³-hybridized carbons (Fsp3) is 0.921. The Bertz CT molecular complexity index is 1230. The maximum absolute atomic E-state index is 14.1. The summed E-state index contributed by atoms with van der Waals surface area (Å²) in [5, 5.41) is 46.9. The third-order valence-electron chi connectivity index (χ3n) is 12.0. The average molecular weight is 762 g/mol. The fourth-order valence-corrected chi connectivity index (χ4v) is 8.71. The van der Waals surface area contributed by atoms with Gasteiger partial charge in [-0.25, -0.2) is 0 Å². The highest BCUT2D eigenvalue weighted by molar-refractivity contribution is 5.83. The molecule has 3 aliphatic rings. The lowest BCUT2D eigenvalue weighted by Gasteiger charge is -2.49. The van der Waals surface area contributed by atoms with Crippen LogP contribution in [0.5, 0.6) is 0 Å². The van der Waals surface area contributed by atoms with E-state index in [0.717, 1.165) is 0 Å². The van der Waals surface area contributed by atoms with Gasteiger partial charge in [0.1, 0.15) is 29.2 Å². The highest BCUT2D eigenvalue weighted by Gasteiger charge is 2.54. The van der Waals surface area contributed by atoms with E-state index in [1.54, 1.807) is 41.5 Å². The Morgan fingerprint density at radius 1 is 0.925 bits per heavy atom. The highest BCUT2D eigenvalue weighted by Crippen LogP contribution is 2.41. The van der Waals surface area contributed by atoms with Gasteiger partial charge in [-0.05, 0) is 74.9 Å². The first-order valence-corrected chi connectivity index (χ1v) is 18.9. The largest absolute Gasteiger partial charge is 0.459 e. The van der Waals surface area contributed by atoms with Gasteiger partial charge >= 0.3 is 5.97 Å². The van der Waals surface area contributed by atoms with Crippen LogP contribution in [0.25, 0.3) is 0 Å². The molecule has 15 heteroatoms. The van der Waals surface area contributed by atoms with Crippen molar-refractivity contribution in [1.82, 2.24) is 4.90 Å². The molecule has 0 bridgehead atoms. The van der Waals surface area contributed by atoms with Crippen LogP contribution in [-0.2, 0) is 47.5 Å². The number of hydrogen-bond acceptors (Lipinski definition) is 15. The van der Waals surface area contributed by atoms with E-state index in [4.69, 9.17) is 33.2 Å². The smallest absolute Gasteiger partial charge is 0.311 e. The lowest BCUT2D eigenvalue weighted by molar-refractivity contribution is -0.318. The quantitative estimate of drug-likeness (QED) is 0.196. The summed E-state index contributed by atoms with van der Waals surface area (Å²) < 4.78 is 42.7. The molecule has 4 N–H and O–H groups in total. The van der Waals surface area contributed by atoms with E-state index in [1.807, 2.05) is 25.9 Å². The Morgan fingerprint density at radius 3 is 2.09 bits per heavy atom. The lowest BCUT2D eigenvalue weighted by Crippen LogP contribution is -2.61. The number of likely N-dealkylation sites (N-methyl/N-ethyl adjacent to an activating group) is 1. The van der Waals surface area contributed by atoms with Gasteiger partial charge in [-0.1, -0.05) is 27.7 Å². The van der Waals surface area contributed by atoms with Crippen LogP contribution in [0.2, 0.25) is 0 Å². The van der Waals surface area contributed by atoms with Gasteiger partial charge in [-0.2, -0.15) is 0 Å². The van der Waals surface area contributed by atoms with Crippen LogP contribution in [0, 0.1) is 23.7 Å². The van der Waals surface area contributed by atoms with Crippen molar-refractivity contribution in [2.24, 2.45) is 23.7 Å². The molecule has 0 aromatic carbocycles. The number of esters is 1. The SMILES string of the molecule is CCC1OC(=O)C(C)C(OC2CC(C)(OC)C(OC=O)C(C)O2)C(C)C(OC2OC(C)CC(N(C)C)C2O)C(C)(O)CC(C)C(=O)C(C)C(O)C1(C)O. The van der Waals surface area contributed by atoms with E-state index in [9.17, 15) is 34.8 Å². The number of aliphatic hydroxyl groups is 4. The second-order valence-corrected chi connectivity index (χ2v) is 16.7. The van der Waals surface area contributed by atoms with Crippen LogP contribution in [0.4, 0.5) is 0 Å². The minimum Gasteiger partial charge on any atom is -0.459 e. The Labute approximate surface area is 314 Å². The summed E-state index contributed by atoms with van der Waals surface area (Å²) in [4.78, 5) is 41.2. The number of ketones is 1. The van der Waals surface area contributed by atoms with Crippen molar-refractivity contribution in [2.45, 2.75) is 179 Å². The van der Waals surface area contributed by atoms with Crippen LogP contribution in [-0.4, -0.2) is 149 Å². The van der Waals surface area contributed by atoms with Gasteiger partial charge in [0.05, 0.1) is 42.0 Å². The number of ether oxygens (including phenoxy) is 7. The molecule has 3 aliphatic heterocycles. The molecule has 0 amide bonds. The van der Waals surface area contributed by atoms with Crippen LogP contribution in [0.15, 0.2) is 0 Å². The molecule has 0 aromatic heterocycles. The number of carbonyl (C=O) groups is 3. The van der Waals surface area contributed by atoms with Crippen molar-refractivity contribution in [3.8, 4) is 0 Å². The fourth-order valence-electron chi connectivity index (χ4n) is 8.71. The summed E-state index contributed by atoms with van der Waals surface area (Å²) in [5.41, 5.74) is -4.88. The van der Waals surface area contributed by atoms with Crippen molar-refractivity contribution < 1.29 is 68.0 Å². The van der Waals surface area contributed by atoms with Gasteiger partial charge in [0.2, 0.25) is 0 Å². The van der Waals surface area contributed by atoms with Crippen LogP contribution < -0.4 is 0 Å². The van der Waals surface area contributed by atoms with Crippen molar-refractivity contribution in [1.29, 1.82) is 0 Å². The summed E-state index contributed by atoms with van der Waals surface area (Å²) in [5.74, 6) is -5.08. The summed E-state index contributed by atoms with van der Waals surface area (Å²) in [6.45, 7) is 16.6. The molecular formula is C38H67NO14. The average Bonchev–Trinajstić information content (AvgIpc) is 3.08. The molecule has 0 radical (unpaired) electrons. The number of cyclic esters (lactones) is 1. The molecule has 3 rings (SSSR count). The van der Waals surface area contributed by atoms with Crippen molar-refractivity contribution in [3.63, 3.8) is 0 Å². The maximum Gasteiger partial charge on any atom is 0.311 e. The monoisotopic (exact) mass is 761 g/mol. The van der Waals surface area contributed by atoms with E-state index < -0.39 is 108 Å². The first-order valence-electron chi connectivity index (χ1n) is 18.9. The number of nitrogens with zero attached hydrogens (tertiary/aromatic N) is 1. The minimum atomic E-state index is -2.01. The molecule has 18 unspecified atom stereocenters. The van der Waals surface area contributed by atoms with Crippen LogP contribution in [0.3, 0.4) is 0 Å². The predicted molar refractivity (Wildman–Crippen MR) is 191 cm³/mol. The van der Waals surface area contributed by atoms with Gasteiger partial charge in [0.15, 0.2) is 18.7 Å². The van der Waals surface area contributed by atoms with Gasteiger partial charge < -0.3 is 58.5 Å². The van der Waals surface area contributed by atoms with E-state index >= 15 is 0 Å². The number of methoxy groups -OCH3 is 1. The normalized spacial score (nSPS) is 48.2. The van der Waals surface area contributed by atoms with Crippen LogP contribution >= 0.6 is 0 Å². The first kappa shape index (κ1) is 45.6. The number of carbonyl (C=O) groups excluding carboxylic acids is 3. The summed E-state index contributed by atoms with van der Waals surface area (Å²) in [6.07, 6.45) is -9.72. The Kier molecular flexibility index (Phi) is 15.5. The Balaban J connectivity index is 2.19. The molecule has 0 aliphatic carbocycles. The van der Waals surface area contributed by atoms with Gasteiger partial charge in [0, 0.05) is 37.3 Å². The second-order valence-electron chi connectivity index (χ2n) is 16.7. The maximum atomic E-state index is 14.1. The zero-order chi connectivity index (χ0) is 40.4. The topological polar surface area (TPSA) is 200 Å². The van der Waals surface area contributed by atoms with Crippen molar-refractivity contribution >= 4 is 18.2 Å². The van der Waals surface area contributed by atoms with Crippen LogP contribution in [0.1, 0.15) is 94.9 Å². The molecule has 3 saturated heterocycles. The first-order chi connectivity index (χ1) is 24.5. The predicted octanol–water partition coefficient (Wildman–Crippen LogP) is 1.97. The van der Waals surface area contributed by atoms with E-state index in [0.29, 0.717) is 12.9 Å². The highest BCUT2D eigenvalue weighted by atomic mass is 16.7. The molecular weight excluding hydrogens is 694 g/mol. The van der Waals surface area contributed by atoms with Gasteiger partial charge in [0.25, 0.3) is 6.47 Å². The van der Waals surface area contributed by atoms with E-state index in [2.05, 4.69) is 0 Å². The summed E-state index contributed by atoms with van der Waals surface area (Å²) in [6, 6.07) is -0.338. The molecule has 53 heavy (non-hydrogen) atoms. The molecule has 15 nitrogen and oxygen atoms in total. The third-order valence-corrected chi connectivity index (χ3v) is 12.0. The van der Waals surface area contributed by atoms with Crippen molar-refractivity contribution in [2.75, 3.05) is 21.2 Å². The second kappa shape index (κ2) is 18.0. The van der Waals surface area contributed by atoms with E-state index in [1.165, 1.54) is 27.9 Å². The zero-order valence-corrected chi connectivity index (χ0v) is 33.9. The molecule has 0 spiro atoms. The molecule has 308 valence electrons. The Hall–Kier alpha value is -1.79. The minimum absolute atomic E-state index is 0.0770. The van der Waals surface area contributed by atoms with E-state index in [-0.39, 0.29) is 31.4 Å². The molecule has 0 saturated carbocycles. The number of aliphatic hydroxyl groups excluding tert-OH is 2. The van der Waals surface area contributed by atoms with Gasteiger partial charge in [-0.15, -0.1) is 0 Å². The molecule has 0 aromatic rings. The number of rotatable bonds is 9. The van der Waals surface area contributed by atoms with Crippen molar-refractivity contribution in [3.05, 3.63) is 0 Å². The third kappa shape index (κ3) is 9.97. The number of Topliss-reactive ketones (excluding diaryl/α,β-unsaturated/α-hetero) is 1. The summed E-state index contributed by atoms with van der Waals surface area (Å²) in [7, 11) is 5.16. The Morgan fingerprint density at radius 2 is 1.55 bits per heavy atom. The standard InChI is InChI=1S/C38H67NO14/c1-14-26-38(10,46)31(43)21(4)28(41)19(2)16-36(8,45)32(53-35-29(42)25(39(11)12)15-20(3)49-35)22(5)30(23(6)34(44)51-26)52-27-17-37(9,47-13)33(48-18-40)24(7)50-27/h18-27,29-33,35,42-43,45-46H,14-17H2,1-13H3. The number of hydrogen-bond donors (Lipinski definition) is 4. The molecule has 3 heterocycles. The summed E-state index contributed by atoms with van der Waals surface area (Å²) >= 11 is 0.